The highest BCUT2D eigenvalue weighted by Gasteiger charge is 2.19. The van der Waals surface area contributed by atoms with E-state index in [0.29, 0.717) is 19.3 Å². The van der Waals surface area contributed by atoms with Crippen LogP contribution >= 0.6 is 0 Å². The van der Waals surface area contributed by atoms with E-state index in [4.69, 9.17) is 14.2 Å². The molecule has 0 rings (SSSR count). The van der Waals surface area contributed by atoms with E-state index >= 15 is 0 Å². The molecular weight excluding hydrogens is 769 g/mol. The molecule has 348 valence electrons. The quantitative estimate of drug-likeness (QED) is 0.0263. The second kappa shape index (κ2) is 49.5. The smallest absolute Gasteiger partial charge is 0.306 e. The standard InChI is InChI=1S/C56H88O6/c1-4-7-10-13-16-19-22-25-27-28-29-32-34-37-40-43-46-49-55(58)61-52-53(51-60-54(57)48-45-42-39-36-33-30-24-21-18-15-12-9-6-3)62-56(59)50-47-44-41-38-35-31-26-23-20-17-14-11-8-5-2/h7,9-10,12-13,15-16,18-19,21-22,24-25,27-30,32-34,53H,4-6,8,11,14,17,20,23,26,31,35-52H2,1-3H3/b10-7-,12-9-,16-13-,18-15-,22-19-,24-21-,27-25-,29-28+,33-30-,34-32-. The van der Waals surface area contributed by atoms with Crippen molar-refractivity contribution in [2.24, 2.45) is 0 Å². The lowest BCUT2D eigenvalue weighted by atomic mass is 10.0. The molecule has 0 fully saturated rings. The lowest BCUT2D eigenvalue weighted by Gasteiger charge is -2.18. The average molecular weight is 857 g/mol. The molecule has 0 saturated heterocycles. The number of unbranched alkanes of at least 4 members (excludes halogenated alkanes) is 19. The second-order valence-corrected chi connectivity index (χ2v) is 15.9. The number of carbonyl (C=O) groups is 3. The minimum atomic E-state index is -0.813. The van der Waals surface area contributed by atoms with Crippen LogP contribution in [0, 0.1) is 0 Å². The Balaban J connectivity index is 4.55. The molecule has 62 heavy (non-hydrogen) atoms. The van der Waals surface area contributed by atoms with Crippen LogP contribution in [-0.4, -0.2) is 37.2 Å². The Morgan fingerprint density at radius 1 is 0.339 bits per heavy atom. The van der Waals surface area contributed by atoms with Gasteiger partial charge < -0.3 is 14.2 Å². The van der Waals surface area contributed by atoms with E-state index in [1.165, 1.54) is 70.6 Å². The van der Waals surface area contributed by atoms with Crippen molar-refractivity contribution in [1.82, 2.24) is 0 Å². The van der Waals surface area contributed by atoms with E-state index in [0.717, 1.165) is 83.5 Å². The van der Waals surface area contributed by atoms with E-state index in [1.54, 1.807) is 0 Å². The van der Waals surface area contributed by atoms with Crippen molar-refractivity contribution in [2.75, 3.05) is 13.2 Å². The lowest BCUT2D eigenvalue weighted by molar-refractivity contribution is -0.167. The van der Waals surface area contributed by atoms with Gasteiger partial charge in [-0.05, 0) is 57.8 Å². The highest BCUT2D eigenvalue weighted by Crippen LogP contribution is 2.14. The number of hydrogen-bond acceptors (Lipinski definition) is 6. The molecule has 6 heteroatoms. The molecule has 0 aliphatic heterocycles. The fourth-order valence-corrected chi connectivity index (χ4v) is 6.31. The normalized spacial score (nSPS) is 13.1. The molecule has 0 aromatic carbocycles. The summed E-state index contributed by atoms with van der Waals surface area (Å²) in [6.07, 6.45) is 67.5. The second-order valence-electron chi connectivity index (χ2n) is 15.9. The highest BCUT2D eigenvalue weighted by atomic mass is 16.6. The third-order valence-corrected chi connectivity index (χ3v) is 9.97. The molecular formula is C56H88O6. The molecule has 0 amide bonds. The minimum absolute atomic E-state index is 0.115. The Labute approximate surface area is 380 Å². The largest absolute Gasteiger partial charge is 0.462 e. The summed E-state index contributed by atoms with van der Waals surface area (Å²) < 4.78 is 16.7. The Morgan fingerprint density at radius 3 is 0.984 bits per heavy atom. The SMILES string of the molecule is CC\C=C/C=C\C=C/C=C\C=C\C=C/CCCCCC(=O)OCC(COC(=O)CCCCC\C=C/C=C\C=C/C=C\CC)OC(=O)CCCCCCCCCCCCCCCC. The van der Waals surface area contributed by atoms with Crippen LogP contribution in [0.2, 0.25) is 0 Å². The summed E-state index contributed by atoms with van der Waals surface area (Å²) in [7, 11) is 0. The first-order valence-electron chi connectivity index (χ1n) is 24.7. The van der Waals surface area contributed by atoms with E-state index in [9.17, 15) is 14.4 Å². The summed E-state index contributed by atoms with van der Waals surface area (Å²) in [5.41, 5.74) is 0. The number of hydrogen-bond donors (Lipinski definition) is 0. The molecule has 1 unspecified atom stereocenters. The Bertz CT molecular complexity index is 1350. The summed E-state index contributed by atoms with van der Waals surface area (Å²) in [5, 5.41) is 0. The fourth-order valence-electron chi connectivity index (χ4n) is 6.31. The van der Waals surface area contributed by atoms with Gasteiger partial charge in [-0.2, -0.15) is 0 Å². The van der Waals surface area contributed by atoms with Crippen LogP contribution in [0.25, 0.3) is 0 Å². The van der Waals surface area contributed by atoms with Gasteiger partial charge in [-0.25, -0.2) is 0 Å². The molecule has 6 nitrogen and oxygen atoms in total. The van der Waals surface area contributed by atoms with Gasteiger partial charge in [0.05, 0.1) is 0 Å². The zero-order chi connectivity index (χ0) is 45.1. The van der Waals surface area contributed by atoms with Crippen LogP contribution < -0.4 is 0 Å². The van der Waals surface area contributed by atoms with Gasteiger partial charge in [0.15, 0.2) is 6.10 Å². The first-order valence-corrected chi connectivity index (χ1v) is 24.7. The van der Waals surface area contributed by atoms with Gasteiger partial charge in [0.1, 0.15) is 13.2 Å². The van der Waals surface area contributed by atoms with Crippen LogP contribution in [-0.2, 0) is 28.6 Å². The molecule has 0 N–H and O–H groups in total. The van der Waals surface area contributed by atoms with Crippen LogP contribution in [0.15, 0.2) is 122 Å². The zero-order valence-corrected chi connectivity index (χ0v) is 39.6. The lowest BCUT2D eigenvalue weighted by Crippen LogP contribution is -2.30. The van der Waals surface area contributed by atoms with Gasteiger partial charge in [0, 0.05) is 19.3 Å². The predicted octanol–water partition coefficient (Wildman–Crippen LogP) is 16.1. The topological polar surface area (TPSA) is 78.9 Å². The summed E-state index contributed by atoms with van der Waals surface area (Å²) in [6.45, 7) is 6.26. The predicted molar refractivity (Wildman–Crippen MR) is 265 cm³/mol. The number of allylic oxidation sites excluding steroid dienone is 20. The maximum Gasteiger partial charge on any atom is 0.306 e. The number of carbonyl (C=O) groups excluding carboxylic acids is 3. The van der Waals surface area contributed by atoms with Crippen LogP contribution in [0.4, 0.5) is 0 Å². The van der Waals surface area contributed by atoms with Crippen molar-refractivity contribution >= 4 is 17.9 Å². The first-order chi connectivity index (χ1) is 30.5. The molecule has 0 aromatic rings. The monoisotopic (exact) mass is 857 g/mol. The van der Waals surface area contributed by atoms with Gasteiger partial charge in [-0.1, -0.05) is 239 Å². The molecule has 1 atom stereocenters. The number of esters is 3. The summed E-state index contributed by atoms with van der Waals surface area (Å²) >= 11 is 0. The Kier molecular flexibility index (Phi) is 46.1. The third-order valence-electron chi connectivity index (χ3n) is 9.97. The molecule has 0 spiro atoms. The van der Waals surface area contributed by atoms with E-state index < -0.39 is 6.10 Å². The minimum Gasteiger partial charge on any atom is -0.462 e. The molecule has 0 radical (unpaired) electrons. The van der Waals surface area contributed by atoms with Gasteiger partial charge in [-0.3, -0.25) is 14.4 Å². The van der Waals surface area contributed by atoms with Crippen molar-refractivity contribution in [2.45, 2.75) is 200 Å². The van der Waals surface area contributed by atoms with Gasteiger partial charge in [0.2, 0.25) is 0 Å². The summed E-state index contributed by atoms with van der Waals surface area (Å²) in [5.74, 6) is -1.00. The van der Waals surface area contributed by atoms with Gasteiger partial charge >= 0.3 is 17.9 Å². The van der Waals surface area contributed by atoms with E-state index in [-0.39, 0.29) is 31.1 Å². The highest BCUT2D eigenvalue weighted by molar-refractivity contribution is 5.71. The third kappa shape index (κ3) is 46.9. The summed E-state index contributed by atoms with van der Waals surface area (Å²) in [6, 6.07) is 0. The van der Waals surface area contributed by atoms with Gasteiger partial charge in [0.25, 0.3) is 0 Å². The van der Waals surface area contributed by atoms with E-state index in [1.807, 2.05) is 97.2 Å². The maximum atomic E-state index is 12.8. The molecule has 0 aliphatic carbocycles. The molecule has 0 aromatic heterocycles. The van der Waals surface area contributed by atoms with Crippen LogP contribution in [0.5, 0.6) is 0 Å². The van der Waals surface area contributed by atoms with Crippen molar-refractivity contribution < 1.29 is 28.6 Å². The Hall–Kier alpha value is -4.19. The maximum absolute atomic E-state index is 12.8. The molecule has 0 heterocycles. The van der Waals surface area contributed by atoms with Crippen molar-refractivity contribution in [3.63, 3.8) is 0 Å². The van der Waals surface area contributed by atoms with Crippen molar-refractivity contribution in [3.05, 3.63) is 122 Å². The summed E-state index contributed by atoms with van der Waals surface area (Å²) in [4.78, 5) is 37.9. The average Bonchev–Trinajstić information content (AvgIpc) is 3.27. The molecule has 0 bridgehead atoms. The van der Waals surface area contributed by atoms with Crippen LogP contribution in [0.1, 0.15) is 194 Å². The number of ether oxygens (including phenoxy) is 3. The van der Waals surface area contributed by atoms with Crippen LogP contribution in [0.3, 0.4) is 0 Å². The zero-order valence-electron chi connectivity index (χ0n) is 39.6. The van der Waals surface area contributed by atoms with E-state index in [2.05, 4.69) is 45.1 Å². The van der Waals surface area contributed by atoms with Crippen molar-refractivity contribution in [1.29, 1.82) is 0 Å². The fraction of sp³-hybridized carbons (Fsp3) is 0.589. The molecule has 0 saturated carbocycles. The number of rotatable bonds is 42. The van der Waals surface area contributed by atoms with Gasteiger partial charge in [-0.15, -0.1) is 0 Å². The van der Waals surface area contributed by atoms with Crippen molar-refractivity contribution in [3.8, 4) is 0 Å². The molecule has 0 aliphatic rings. The first kappa shape index (κ1) is 57.8. The Morgan fingerprint density at radius 2 is 0.629 bits per heavy atom.